The Morgan fingerprint density at radius 2 is 1.75 bits per heavy atom. The van der Waals surface area contributed by atoms with Crippen LogP contribution in [0.2, 0.25) is 0 Å². The van der Waals surface area contributed by atoms with Gasteiger partial charge in [0.25, 0.3) is 5.91 Å². The van der Waals surface area contributed by atoms with Crippen molar-refractivity contribution in [3.8, 4) is 0 Å². The number of aliphatic carboxylic acids is 1. The van der Waals surface area contributed by atoms with Crippen LogP contribution in [0.4, 0.5) is 0 Å². The Labute approximate surface area is 141 Å². The van der Waals surface area contributed by atoms with E-state index in [2.05, 4.69) is 31.4 Å². The zero-order valence-corrected chi connectivity index (χ0v) is 14.3. The van der Waals surface area contributed by atoms with Crippen molar-refractivity contribution in [1.29, 1.82) is 0 Å². The lowest BCUT2D eigenvalue weighted by molar-refractivity contribution is -0.142. The van der Waals surface area contributed by atoms with Crippen molar-refractivity contribution in [2.24, 2.45) is 5.92 Å². The third kappa shape index (κ3) is 4.81. The number of benzene rings is 1. The maximum atomic E-state index is 12.1. The number of hydrogen-bond donors (Lipinski definition) is 3. The van der Waals surface area contributed by atoms with Gasteiger partial charge in [-0.15, -0.1) is 0 Å². The van der Waals surface area contributed by atoms with E-state index in [1.807, 2.05) is 12.1 Å². The van der Waals surface area contributed by atoms with Gasteiger partial charge in [-0.1, -0.05) is 32.9 Å². The van der Waals surface area contributed by atoms with Crippen molar-refractivity contribution < 1.29 is 19.5 Å². The van der Waals surface area contributed by atoms with E-state index < -0.39 is 17.9 Å². The summed E-state index contributed by atoms with van der Waals surface area (Å²) in [5.74, 6) is -1.88. The van der Waals surface area contributed by atoms with Gasteiger partial charge in [-0.25, -0.2) is 4.79 Å². The van der Waals surface area contributed by atoms with E-state index in [0.29, 0.717) is 5.56 Å². The molecule has 1 aromatic rings. The Morgan fingerprint density at radius 3 is 2.21 bits per heavy atom. The summed E-state index contributed by atoms with van der Waals surface area (Å²) in [6, 6.07) is 6.36. The second-order valence-corrected chi connectivity index (χ2v) is 7.23. The highest BCUT2D eigenvalue weighted by Crippen LogP contribution is 2.32. The average molecular weight is 332 g/mol. The molecule has 0 bridgehead atoms. The van der Waals surface area contributed by atoms with E-state index >= 15 is 0 Å². The Hall–Kier alpha value is -2.37. The number of carboxylic acids is 1. The summed E-state index contributed by atoms with van der Waals surface area (Å²) in [4.78, 5) is 35.0. The van der Waals surface area contributed by atoms with Gasteiger partial charge < -0.3 is 15.7 Å². The summed E-state index contributed by atoms with van der Waals surface area (Å²) < 4.78 is 0. The molecule has 0 radical (unpaired) electrons. The molecule has 1 atom stereocenters. The number of nitrogens with one attached hydrogen (secondary N) is 2. The van der Waals surface area contributed by atoms with E-state index in [9.17, 15) is 14.4 Å². The smallest absolute Gasteiger partial charge is 0.326 e. The summed E-state index contributed by atoms with van der Waals surface area (Å²) in [5.41, 5.74) is 1.59. The second-order valence-electron chi connectivity index (χ2n) is 7.23. The minimum atomic E-state index is -1.03. The number of hydrogen-bond acceptors (Lipinski definition) is 3. The Kier molecular flexibility index (Phi) is 5.26. The van der Waals surface area contributed by atoms with Gasteiger partial charge in [0.15, 0.2) is 0 Å². The molecular formula is C18H24N2O4. The van der Waals surface area contributed by atoms with Gasteiger partial charge in [0.05, 0.1) is 6.54 Å². The molecule has 130 valence electrons. The van der Waals surface area contributed by atoms with E-state index in [1.54, 1.807) is 12.1 Å². The number of rotatable bonds is 6. The molecule has 2 amide bonds. The second kappa shape index (κ2) is 7.03. The molecule has 6 heteroatoms. The van der Waals surface area contributed by atoms with Gasteiger partial charge in [0.2, 0.25) is 5.91 Å². The minimum absolute atomic E-state index is 0.00352. The van der Waals surface area contributed by atoms with Gasteiger partial charge in [0, 0.05) is 5.56 Å². The molecule has 3 N–H and O–H groups in total. The molecule has 1 aliphatic rings. The number of carbonyl (C=O) groups is 3. The Bertz CT molecular complexity index is 627. The van der Waals surface area contributed by atoms with Crippen molar-refractivity contribution >= 4 is 17.8 Å². The van der Waals surface area contributed by atoms with E-state index in [4.69, 9.17) is 5.11 Å². The zero-order valence-electron chi connectivity index (χ0n) is 14.3. The van der Waals surface area contributed by atoms with Gasteiger partial charge in [-0.3, -0.25) is 9.59 Å². The molecule has 1 fully saturated rings. The van der Waals surface area contributed by atoms with E-state index in [1.165, 1.54) is 0 Å². The summed E-state index contributed by atoms with van der Waals surface area (Å²) >= 11 is 0. The summed E-state index contributed by atoms with van der Waals surface area (Å²) in [5, 5.41) is 14.1. The van der Waals surface area contributed by atoms with Crippen molar-refractivity contribution in [2.75, 3.05) is 6.54 Å². The van der Waals surface area contributed by atoms with Gasteiger partial charge in [-0.05, 0) is 41.9 Å². The highest BCUT2D eigenvalue weighted by atomic mass is 16.4. The number of carboxylic acid groups (broad SMARTS) is 1. The maximum Gasteiger partial charge on any atom is 0.326 e. The third-order valence-electron chi connectivity index (χ3n) is 4.10. The molecular weight excluding hydrogens is 308 g/mol. The van der Waals surface area contributed by atoms with Crippen LogP contribution in [-0.4, -0.2) is 35.5 Å². The van der Waals surface area contributed by atoms with Crippen LogP contribution in [0.5, 0.6) is 0 Å². The molecule has 0 heterocycles. The average Bonchev–Trinajstić information content (AvgIpc) is 3.34. The van der Waals surface area contributed by atoms with Crippen LogP contribution in [0.1, 0.15) is 49.5 Å². The predicted molar refractivity (Wildman–Crippen MR) is 89.8 cm³/mol. The molecule has 0 saturated heterocycles. The van der Waals surface area contributed by atoms with Crippen LogP contribution in [0.3, 0.4) is 0 Å². The largest absolute Gasteiger partial charge is 0.480 e. The fourth-order valence-corrected chi connectivity index (χ4v) is 2.42. The minimum Gasteiger partial charge on any atom is -0.480 e. The lowest BCUT2D eigenvalue weighted by atomic mass is 9.87. The predicted octanol–water partition coefficient (Wildman–Crippen LogP) is 1.69. The molecule has 0 spiro atoms. The van der Waals surface area contributed by atoms with Crippen molar-refractivity contribution in [2.45, 2.75) is 45.1 Å². The van der Waals surface area contributed by atoms with Crippen molar-refractivity contribution in [3.05, 3.63) is 35.4 Å². The first-order chi connectivity index (χ1) is 11.2. The summed E-state index contributed by atoms with van der Waals surface area (Å²) in [6.07, 6.45) is 1.62. The van der Waals surface area contributed by atoms with Crippen LogP contribution in [-0.2, 0) is 15.0 Å². The van der Waals surface area contributed by atoms with Crippen molar-refractivity contribution in [1.82, 2.24) is 10.6 Å². The first-order valence-corrected chi connectivity index (χ1v) is 8.09. The number of carbonyl (C=O) groups excluding carboxylic acids is 2. The molecule has 24 heavy (non-hydrogen) atoms. The van der Waals surface area contributed by atoms with Crippen molar-refractivity contribution in [3.63, 3.8) is 0 Å². The Morgan fingerprint density at radius 1 is 1.17 bits per heavy atom. The highest BCUT2D eigenvalue weighted by molar-refractivity contribution is 5.96. The summed E-state index contributed by atoms with van der Waals surface area (Å²) in [7, 11) is 0. The van der Waals surface area contributed by atoms with E-state index in [0.717, 1.165) is 18.4 Å². The lowest BCUT2D eigenvalue weighted by Gasteiger charge is -2.19. The van der Waals surface area contributed by atoms with Gasteiger partial charge in [-0.2, -0.15) is 0 Å². The quantitative estimate of drug-likeness (QED) is 0.739. The molecule has 1 aliphatic carbocycles. The topological polar surface area (TPSA) is 95.5 Å². The van der Waals surface area contributed by atoms with E-state index in [-0.39, 0.29) is 23.8 Å². The van der Waals surface area contributed by atoms with Crippen LogP contribution < -0.4 is 10.6 Å². The zero-order chi connectivity index (χ0) is 17.9. The highest BCUT2D eigenvalue weighted by Gasteiger charge is 2.37. The molecule has 1 aromatic carbocycles. The lowest BCUT2D eigenvalue weighted by Crippen LogP contribution is -2.46. The monoisotopic (exact) mass is 332 g/mol. The first kappa shape index (κ1) is 18.0. The van der Waals surface area contributed by atoms with Crippen LogP contribution in [0.25, 0.3) is 0 Å². The Balaban J connectivity index is 1.86. The molecule has 0 aliphatic heterocycles. The maximum absolute atomic E-state index is 12.1. The third-order valence-corrected chi connectivity index (χ3v) is 4.10. The fourth-order valence-electron chi connectivity index (χ4n) is 2.42. The standard InChI is InChI=1S/C18H24N2O4/c1-18(2,3)13-8-6-12(7-9-13)16(22)19-10-14(21)20-15(17(23)24)11-4-5-11/h6-9,11,15H,4-5,10H2,1-3H3,(H,19,22)(H,20,21)(H,23,24). The van der Waals surface area contributed by atoms with Gasteiger partial charge >= 0.3 is 5.97 Å². The van der Waals surface area contributed by atoms with Gasteiger partial charge in [0.1, 0.15) is 6.04 Å². The SMILES string of the molecule is CC(C)(C)c1ccc(C(=O)NCC(=O)NC(C(=O)O)C2CC2)cc1. The molecule has 6 nitrogen and oxygen atoms in total. The van der Waals surface area contributed by atoms with Crippen LogP contribution in [0, 0.1) is 5.92 Å². The van der Waals surface area contributed by atoms with Crippen LogP contribution >= 0.6 is 0 Å². The van der Waals surface area contributed by atoms with Crippen LogP contribution in [0.15, 0.2) is 24.3 Å². The molecule has 1 unspecified atom stereocenters. The number of amides is 2. The first-order valence-electron chi connectivity index (χ1n) is 8.09. The molecule has 1 saturated carbocycles. The molecule has 0 aromatic heterocycles. The normalized spacial score (nSPS) is 15.5. The summed E-state index contributed by atoms with van der Waals surface area (Å²) in [6.45, 7) is 6.03. The fraction of sp³-hybridized carbons (Fsp3) is 0.500. The molecule has 2 rings (SSSR count).